The van der Waals surface area contributed by atoms with Gasteiger partial charge in [0.05, 0.1) is 6.61 Å². The lowest BCUT2D eigenvalue weighted by atomic mass is 10.1. The summed E-state index contributed by atoms with van der Waals surface area (Å²) in [7, 11) is 0. The highest BCUT2D eigenvalue weighted by molar-refractivity contribution is 4.78. The van der Waals surface area contributed by atoms with Crippen LogP contribution >= 0.6 is 0 Å². The fraction of sp³-hybridized carbons (Fsp3) is 1.00. The van der Waals surface area contributed by atoms with E-state index >= 15 is 0 Å². The largest absolute Gasteiger partial charge is 0.395 e. The SMILES string of the molecule is OCC1CCCN1N1CCCCC1. The van der Waals surface area contributed by atoms with E-state index in [1.165, 1.54) is 45.2 Å². The summed E-state index contributed by atoms with van der Waals surface area (Å²) in [5.41, 5.74) is 0. The monoisotopic (exact) mass is 184 g/mol. The summed E-state index contributed by atoms with van der Waals surface area (Å²) in [6.07, 6.45) is 6.46. The van der Waals surface area contributed by atoms with Crippen LogP contribution in [0.5, 0.6) is 0 Å². The number of aliphatic hydroxyl groups is 1. The van der Waals surface area contributed by atoms with Gasteiger partial charge in [-0.3, -0.25) is 0 Å². The number of nitrogens with zero attached hydrogens (tertiary/aromatic N) is 2. The third kappa shape index (κ3) is 2.03. The highest BCUT2D eigenvalue weighted by Crippen LogP contribution is 2.22. The lowest BCUT2D eigenvalue weighted by Gasteiger charge is -2.38. The van der Waals surface area contributed by atoms with E-state index in [-0.39, 0.29) is 0 Å². The fourth-order valence-corrected chi connectivity index (χ4v) is 2.51. The van der Waals surface area contributed by atoms with Gasteiger partial charge in [0.2, 0.25) is 0 Å². The predicted octanol–water partition coefficient (Wildman–Crippen LogP) is 0.844. The van der Waals surface area contributed by atoms with Gasteiger partial charge in [-0.2, -0.15) is 0 Å². The van der Waals surface area contributed by atoms with Gasteiger partial charge in [0.15, 0.2) is 0 Å². The summed E-state index contributed by atoms with van der Waals surface area (Å²) in [6, 6.07) is 0.415. The molecule has 3 heteroatoms. The molecule has 2 fully saturated rings. The maximum absolute atomic E-state index is 9.20. The number of rotatable bonds is 2. The summed E-state index contributed by atoms with van der Waals surface area (Å²) in [5, 5.41) is 14.1. The summed E-state index contributed by atoms with van der Waals surface area (Å²) in [4.78, 5) is 0. The van der Waals surface area contributed by atoms with Gasteiger partial charge >= 0.3 is 0 Å². The van der Waals surface area contributed by atoms with E-state index in [0.717, 1.165) is 6.54 Å². The highest BCUT2D eigenvalue weighted by atomic mass is 16.3. The van der Waals surface area contributed by atoms with Crippen molar-refractivity contribution in [2.75, 3.05) is 26.2 Å². The summed E-state index contributed by atoms with van der Waals surface area (Å²) in [6.45, 7) is 3.90. The molecule has 0 saturated carbocycles. The minimum atomic E-state index is 0.330. The zero-order valence-electron chi connectivity index (χ0n) is 8.28. The quantitative estimate of drug-likeness (QED) is 0.689. The molecule has 0 aliphatic carbocycles. The summed E-state index contributed by atoms with van der Waals surface area (Å²) < 4.78 is 0. The van der Waals surface area contributed by atoms with Gasteiger partial charge in [-0.05, 0) is 25.7 Å². The molecule has 0 bridgehead atoms. The van der Waals surface area contributed by atoms with Crippen molar-refractivity contribution in [2.24, 2.45) is 0 Å². The molecule has 2 rings (SSSR count). The molecular weight excluding hydrogens is 164 g/mol. The van der Waals surface area contributed by atoms with Crippen molar-refractivity contribution in [1.29, 1.82) is 0 Å². The molecule has 13 heavy (non-hydrogen) atoms. The van der Waals surface area contributed by atoms with E-state index < -0.39 is 0 Å². The van der Waals surface area contributed by atoms with Crippen LogP contribution in [-0.4, -0.2) is 47.4 Å². The third-order valence-electron chi connectivity index (χ3n) is 3.25. The van der Waals surface area contributed by atoms with E-state index in [0.29, 0.717) is 12.6 Å². The van der Waals surface area contributed by atoms with Crippen LogP contribution in [0.3, 0.4) is 0 Å². The van der Waals surface area contributed by atoms with Crippen LogP contribution in [0.4, 0.5) is 0 Å². The average molecular weight is 184 g/mol. The Morgan fingerprint density at radius 2 is 1.77 bits per heavy atom. The van der Waals surface area contributed by atoms with Crippen LogP contribution in [0.25, 0.3) is 0 Å². The number of hydrogen-bond donors (Lipinski definition) is 1. The first kappa shape index (κ1) is 9.44. The van der Waals surface area contributed by atoms with Gasteiger partial charge in [-0.15, -0.1) is 0 Å². The van der Waals surface area contributed by atoms with Gasteiger partial charge in [0, 0.05) is 25.7 Å². The number of aliphatic hydroxyl groups excluding tert-OH is 1. The molecule has 1 unspecified atom stereocenters. The summed E-state index contributed by atoms with van der Waals surface area (Å²) >= 11 is 0. The number of piperidine rings is 1. The molecular formula is C10H20N2O. The Kier molecular flexibility index (Phi) is 3.19. The van der Waals surface area contributed by atoms with E-state index in [4.69, 9.17) is 0 Å². The maximum Gasteiger partial charge on any atom is 0.0600 e. The molecule has 3 nitrogen and oxygen atoms in total. The second kappa shape index (κ2) is 4.40. The predicted molar refractivity (Wildman–Crippen MR) is 52.2 cm³/mol. The minimum absolute atomic E-state index is 0.330. The van der Waals surface area contributed by atoms with Crippen molar-refractivity contribution >= 4 is 0 Å². The molecule has 0 aromatic heterocycles. The Morgan fingerprint density at radius 3 is 2.46 bits per heavy atom. The van der Waals surface area contributed by atoms with Crippen molar-refractivity contribution in [3.8, 4) is 0 Å². The minimum Gasteiger partial charge on any atom is -0.395 e. The van der Waals surface area contributed by atoms with Gasteiger partial charge in [0.1, 0.15) is 0 Å². The van der Waals surface area contributed by atoms with Crippen LogP contribution in [0, 0.1) is 0 Å². The molecule has 0 aromatic rings. The second-order valence-corrected chi connectivity index (χ2v) is 4.16. The van der Waals surface area contributed by atoms with Crippen molar-refractivity contribution in [1.82, 2.24) is 10.0 Å². The zero-order chi connectivity index (χ0) is 9.10. The Labute approximate surface area is 80.3 Å². The lowest BCUT2D eigenvalue weighted by molar-refractivity contribution is -0.0621. The van der Waals surface area contributed by atoms with E-state index in [1.807, 2.05) is 0 Å². The highest BCUT2D eigenvalue weighted by Gasteiger charge is 2.29. The van der Waals surface area contributed by atoms with Crippen LogP contribution in [0.2, 0.25) is 0 Å². The Hall–Kier alpha value is -0.120. The first-order valence-electron chi connectivity index (χ1n) is 5.54. The molecule has 76 valence electrons. The first-order chi connectivity index (χ1) is 6.42. The number of hydrogen-bond acceptors (Lipinski definition) is 3. The van der Waals surface area contributed by atoms with Crippen molar-refractivity contribution in [3.63, 3.8) is 0 Å². The van der Waals surface area contributed by atoms with Gasteiger partial charge in [0.25, 0.3) is 0 Å². The molecule has 0 amide bonds. The Bertz CT molecular complexity index is 157. The Morgan fingerprint density at radius 1 is 1.00 bits per heavy atom. The molecule has 2 aliphatic heterocycles. The molecule has 0 radical (unpaired) electrons. The van der Waals surface area contributed by atoms with Gasteiger partial charge in [-0.1, -0.05) is 6.42 Å². The first-order valence-corrected chi connectivity index (χ1v) is 5.54. The van der Waals surface area contributed by atoms with Gasteiger partial charge in [-0.25, -0.2) is 10.0 Å². The smallest absolute Gasteiger partial charge is 0.0600 e. The molecule has 0 spiro atoms. The lowest BCUT2D eigenvalue weighted by Crippen LogP contribution is -2.49. The fourth-order valence-electron chi connectivity index (χ4n) is 2.51. The van der Waals surface area contributed by atoms with Crippen LogP contribution in [-0.2, 0) is 0 Å². The van der Waals surface area contributed by atoms with Crippen LogP contribution in [0.15, 0.2) is 0 Å². The van der Waals surface area contributed by atoms with E-state index in [2.05, 4.69) is 10.0 Å². The summed E-state index contributed by atoms with van der Waals surface area (Å²) in [5.74, 6) is 0. The second-order valence-electron chi connectivity index (χ2n) is 4.16. The molecule has 1 N–H and O–H groups in total. The maximum atomic E-state index is 9.20. The van der Waals surface area contributed by atoms with Crippen molar-refractivity contribution in [2.45, 2.75) is 38.1 Å². The van der Waals surface area contributed by atoms with Gasteiger partial charge < -0.3 is 5.11 Å². The molecule has 1 atom stereocenters. The van der Waals surface area contributed by atoms with Crippen LogP contribution in [0.1, 0.15) is 32.1 Å². The molecule has 2 heterocycles. The van der Waals surface area contributed by atoms with Crippen molar-refractivity contribution < 1.29 is 5.11 Å². The third-order valence-corrected chi connectivity index (χ3v) is 3.25. The molecule has 2 aliphatic rings. The number of hydrazine groups is 1. The Balaban J connectivity index is 1.90. The average Bonchev–Trinajstić information content (AvgIpc) is 2.67. The topological polar surface area (TPSA) is 26.7 Å². The normalized spacial score (nSPS) is 32.5. The van der Waals surface area contributed by atoms with Crippen LogP contribution < -0.4 is 0 Å². The standard InChI is InChI=1S/C10H20N2O/c13-9-10-5-4-8-12(10)11-6-2-1-3-7-11/h10,13H,1-9H2. The van der Waals surface area contributed by atoms with Crippen molar-refractivity contribution in [3.05, 3.63) is 0 Å². The zero-order valence-corrected chi connectivity index (χ0v) is 8.28. The molecule has 2 saturated heterocycles. The molecule has 0 aromatic carbocycles. The van der Waals surface area contributed by atoms with E-state index in [1.54, 1.807) is 0 Å². The van der Waals surface area contributed by atoms with E-state index in [9.17, 15) is 5.11 Å².